The number of benzene rings is 4. The topological polar surface area (TPSA) is 15.5 Å². The van der Waals surface area contributed by atoms with E-state index in [-0.39, 0.29) is 12.8 Å². The largest absolute Gasteiger partial charge is 0.212 e. The molecule has 4 aromatic carbocycles. The van der Waals surface area contributed by atoms with Crippen LogP contribution in [0.15, 0.2) is 170 Å². The Morgan fingerprint density at radius 3 is 1.24 bits per heavy atom. The fourth-order valence-electron chi connectivity index (χ4n) is 7.90. The molecule has 0 saturated heterocycles. The number of rotatable bonds is 8. The van der Waals surface area contributed by atoms with Gasteiger partial charge in [0.05, 0.1) is 0 Å². The molecule has 0 fully saturated rings. The molecule has 4 aromatic heterocycles. The number of nitrogens with zero attached hydrogens (tertiary/aromatic N) is 4. The molecule has 0 aliphatic rings. The van der Waals surface area contributed by atoms with Gasteiger partial charge in [-0.15, -0.1) is 0 Å². The first-order valence-electron chi connectivity index (χ1n) is 29.2. The Balaban J connectivity index is 0.000000197. The summed E-state index contributed by atoms with van der Waals surface area (Å²) in [6.45, 7) is 2.25. The van der Waals surface area contributed by atoms with Crippen LogP contribution in [0.1, 0.15) is 104 Å². The molecule has 0 spiro atoms. The quantitative estimate of drug-likeness (QED) is 0.135. The second-order valence-electron chi connectivity index (χ2n) is 16.9. The summed E-state index contributed by atoms with van der Waals surface area (Å²) in [5.74, 6) is -3.08. The van der Waals surface area contributed by atoms with E-state index < -0.39 is 39.2 Å². The van der Waals surface area contributed by atoms with Crippen molar-refractivity contribution in [3.8, 4) is 45.0 Å². The molecule has 0 saturated carbocycles. The highest BCUT2D eigenvalue weighted by molar-refractivity contribution is 5.64. The lowest BCUT2D eigenvalue weighted by Gasteiger charge is -2.09. The second kappa shape index (κ2) is 24.1. The molecule has 0 radical (unpaired) electrons. The van der Waals surface area contributed by atoms with Crippen LogP contribution < -0.4 is 18.3 Å². The number of aromatic nitrogens is 4. The van der Waals surface area contributed by atoms with Crippen LogP contribution in [0, 0.1) is 40.4 Å². The Morgan fingerprint density at radius 1 is 0.455 bits per heavy atom. The van der Waals surface area contributed by atoms with Crippen LogP contribution in [-0.4, -0.2) is 0 Å². The minimum absolute atomic E-state index is 0.120. The predicted octanol–water partition coefficient (Wildman–Crippen LogP) is 13.1. The summed E-state index contributed by atoms with van der Waals surface area (Å²) in [7, 11) is 7.95. The molecule has 2 atom stereocenters. The minimum atomic E-state index is -2.35. The highest BCUT2D eigenvalue weighted by atomic mass is 14.9. The third-order valence-corrected chi connectivity index (χ3v) is 11.5. The van der Waals surface area contributed by atoms with Gasteiger partial charge >= 0.3 is 0 Å². The zero-order valence-corrected chi connectivity index (χ0v) is 40.4. The Bertz CT molecular complexity index is 3390. The lowest BCUT2D eigenvalue weighted by atomic mass is 9.96. The van der Waals surface area contributed by atoms with E-state index in [0.717, 1.165) is 78.4 Å². The van der Waals surface area contributed by atoms with Crippen molar-refractivity contribution in [3.63, 3.8) is 0 Å². The first kappa shape index (κ1) is 33.9. The summed E-state index contributed by atoms with van der Waals surface area (Å²) in [5.41, 5.74) is 15.5. The smallest absolute Gasteiger partial charge is 0.201 e. The van der Waals surface area contributed by atoms with Gasteiger partial charge in [0.25, 0.3) is 0 Å². The SMILES string of the molecule is [2H]C([2H])([2H])C([2H])(C)Cc1ccc(-c2cccc[n+]2C)c(C)c1.[2H]C([2H])([2H])C([2H])(C)c1ccc(-c2cccc[n+]2C)c(C)c1.[2H]C([2H])([2H])Cc1ccc(-c2cccc[n+]2C)c(C)c1.[2H]C([2H])([2H])c1ccc(-c2cccc[n+]2C)c(C)c1. The second-order valence-corrected chi connectivity index (χ2v) is 16.9. The maximum absolute atomic E-state index is 8.17. The van der Waals surface area contributed by atoms with Gasteiger partial charge < -0.3 is 0 Å². The predicted molar refractivity (Wildman–Crippen MR) is 278 cm³/mol. The summed E-state index contributed by atoms with van der Waals surface area (Å²) < 4.78 is 114. The maximum Gasteiger partial charge on any atom is 0.212 e. The molecular weight excluding hydrogens is 801 g/mol. The van der Waals surface area contributed by atoms with Crippen LogP contribution in [0.2, 0.25) is 0 Å². The van der Waals surface area contributed by atoms with Gasteiger partial charge in [-0.2, -0.15) is 0 Å². The summed E-state index contributed by atoms with van der Waals surface area (Å²) in [4.78, 5) is 0. The van der Waals surface area contributed by atoms with Crippen LogP contribution in [0.4, 0.5) is 0 Å². The van der Waals surface area contributed by atoms with Crippen LogP contribution in [0.5, 0.6) is 0 Å². The van der Waals surface area contributed by atoms with Gasteiger partial charge in [0, 0.05) is 90.0 Å². The van der Waals surface area contributed by atoms with Gasteiger partial charge in [0.2, 0.25) is 22.8 Å². The van der Waals surface area contributed by atoms with Gasteiger partial charge in [-0.25, -0.2) is 18.3 Å². The van der Waals surface area contributed by atoms with E-state index in [2.05, 4.69) is 21.3 Å². The van der Waals surface area contributed by atoms with E-state index in [0.29, 0.717) is 11.1 Å². The third-order valence-electron chi connectivity index (χ3n) is 11.5. The normalized spacial score (nSPS) is 16.3. The standard InChI is InChI=1S/C17H22N.C16H20N.C15H18N.C14H16N/c1-13(2)11-15-8-9-16(14(3)12-15)17-7-5-6-10-18(17)4;1-12(2)14-8-9-15(13(3)11-14)16-7-5-6-10-17(16)4;1-4-13-8-9-14(12(2)11-13)15-7-5-6-10-16(15)3;1-11-7-8-13(12(2)10-11)14-6-4-5-9-15(14)3/h5-10,12-13H,11H2,1-4H3;5-12H,1-4H3;5-11H,4H2,1-3H3;4-10H,1-3H3/q4*+1/i1D3,13D;1D3,12D;2*1D3. The van der Waals surface area contributed by atoms with Gasteiger partial charge in [0.1, 0.15) is 28.2 Å². The van der Waals surface area contributed by atoms with Gasteiger partial charge in [-0.1, -0.05) is 88.5 Å². The van der Waals surface area contributed by atoms with Crippen LogP contribution in [-0.2, 0) is 41.0 Å². The van der Waals surface area contributed by atoms with Crippen LogP contribution in [0.3, 0.4) is 0 Å². The van der Waals surface area contributed by atoms with Gasteiger partial charge in [-0.05, 0) is 147 Å². The van der Waals surface area contributed by atoms with Crippen LogP contribution >= 0.6 is 0 Å². The van der Waals surface area contributed by atoms with Crippen molar-refractivity contribution in [2.24, 2.45) is 34.1 Å². The molecule has 4 nitrogen and oxygen atoms in total. The Hall–Kier alpha value is -6.52. The number of aryl methyl sites for hydroxylation is 10. The fraction of sp³-hybridized carbons (Fsp3) is 0.290. The molecule has 0 aliphatic carbocycles. The average Bonchev–Trinajstić information content (AvgIpc) is 3.44. The van der Waals surface area contributed by atoms with E-state index in [1.165, 1.54) is 13.8 Å². The van der Waals surface area contributed by atoms with E-state index in [1.54, 1.807) is 18.2 Å². The number of hydrogen-bond donors (Lipinski definition) is 0. The Labute approximate surface area is 418 Å². The maximum atomic E-state index is 8.17. The zero-order valence-electron chi connectivity index (χ0n) is 54.4. The first-order chi connectivity index (χ1) is 37.0. The summed E-state index contributed by atoms with van der Waals surface area (Å²) in [5, 5.41) is 0. The molecule has 0 aliphatic heterocycles. The number of pyridine rings is 4. The molecule has 4 heteroatoms. The molecule has 66 heavy (non-hydrogen) atoms. The van der Waals surface area contributed by atoms with E-state index >= 15 is 0 Å². The van der Waals surface area contributed by atoms with Crippen LogP contribution in [0.25, 0.3) is 45.0 Å². The summed E-state index contributed by atoms with van der Waals surface area (Å²) >= 11 is 0. The van der Waals surface area contributed by atoms with Gasteiger partial charge in [0.15, 0.2) is 24.8 Å². The monoisotopic (exact) mass is 891 g/mol. The molecule has 0 N–H and O–H groups in total. The minimum Gasteiger partial charge on any atom is -0.201 e. The van der Waals surface area contributed by atoms with E-state index in [4.69, 9.17) is 19.2 Å². The van der Waals surface area contributed by atoms with Crippen molar-refractivity contribution < 1.29 is 37.5 Å². The molecule has 340 valence electrons. The number of hydrogen-bond acceptors (Lipinski definition) is 0. The molecule has 4 heterocycles. The Kier molecular flexibility index (Phi) is 12.4. The van der Waals surface area contributed by atoms with Gasteiger partial charge in [-0.3, -0.25) is 0 Å². The Morgan fingerprint density at radius 2 is 0.864 bits per heavy atom. The molecule has 2 unspecified atom stereocenters. The van der Waals surface area contributed by atoms with Crippen molar-refractivity contribution >= 4 is 0 Å². The first-order valence-corrected chi connectivity index (χ1v) is 22.2. The van der Waals surface area contributed by atoms with Crippen molar-refractivity contribution in [2.75, 3.05) is 0 Å². The molecular formula is C62H76N4+4. The third kappa shape index (κ3) is 13.7. The average molecular weight is 891 g/mol. The van der Waals surface area contributed by atoms with Crippen molar-refractivity contribution in [1.82, 2.24) is 0 Å². The highest BCUT2D eigenvalue weighted by Crippen LogP contribution is 2.26. The molecule has 0 bridgehead atoms. The summed E-state index contributed by atoms with van der Waals surface area (Å²) in [6, 6.07) is 46.6. The fourth-order valence-corrected chi connectivity index (χ4v) is 7.90. The van der Waals surface area contributed by atoms with E-state index in [1.807, 2.05) is 205 Å². The molecule has 8 rings (SSSR count). The van der Waals surface area contributed by atoms with Crippen molar-refractivity contribution in [2.45, 2.75) is 87.7 Å². The lowest BCUT2D eigenvalue weighted by molar-refractivity contribution is -0.660. The molecule has 0 amide bonds. The summed E-state index contributed by atoms with van der Waals surface area (Å²) in [6.07, 6.45) is 8.29. The van der Waals surface area contributed by atoms with Crippen molar-refractivity contribution in [3.05, 3.63) is 215 Å². The van der Waals surface area contributed by atoms with E-state index in [9.17, 15) is 0 Å². The molecule has 8 aromatic rings. The van der Waals surface area contributed by atoms with Crippen molar-refractivity contribution in [1.29, 1.82) is 0 Å². The highest BCUT2D eigenvalue weighted by Gasteiger charge is 2.15. The zero-order chi connectivity index (χ0) is 59.8. The lowest BCUT2D eigenvalue weighted by Crippen LogP contribution is -2.30.